The third-order valence-electron chi connectivity index (χ3n) is 3.87. The predicted molar refractivity (Wildman–Crippen MR) is 76.8 cm³/mol. The summed E-state index contributed by atoms with van der Waals surface area (Å²) in [4.78, 5) is 0. The van der Waals surface area contributed by atoms with E-state index in [1.54, 1.807) is 24.3 Å². The number of hydrogen-bond acceptors (Lipinski definition) is 1. The summed E-state index contributed by atoms with van der Waals surface area (Å²) in [5.74, 6) is 0.361. The highest BCUT2D eigenvalue weighted by Gasteiger charge is 2.40. The third-order valence-corrected chi connectivity index (χ3v) is 3.87. The summed E-state index contributed by atoms with van der Waals surface area (Å²) in [6.45, 7) is 0.00951. The first kappa shape index (κ1) is 16.1. The molecular weight excluding hydrogens is 277 g/mol. The van der Waals surface area contributed by atoms with E-state index in [-0.39, 0.29) is 13.0 Å². The molecule has 2 atom stereocenters. The van der Waals surface area contributed by atoms with Crippen LogP contribution in [-0.2, 0) is 11.3 Å². The molecule has 2 rings (SSSR count). The summed E-state index contributed by atoms with van der Waals surface area (Å²) >= 11 is 0. The van der Waals surface area contributed by atoms with Gasteiger partial charge in [-0.3, -0.25) is 0 Å². The lowest BCUT2D eigenvalue weighted by molar-refractivity contribution is -0.226. The van der Waals surface area contributed by atoms with Crippen LogP contribution in [0.2, 0.25) is 0 Å². The van der Waals surface area contributed by atoms with E-state index in [4.69, 9.17) is 4.74 Å². The van der Waals surface area contributed by atoms with Crippen LogP contribution in [0.5, 0.6) is 0 Å². The lowest BCUT2D eigenvalue weighted by Crippen LogP contribution is -2.32. The summed E-state index contributed by atoms with van der Waals surface area (Å²) in [6, 6.07) is 8.99. The number of benzene rings is 1. The van der Waals surface area contributed by atoms with Crippen molar-refractivity contribution in [3.63, 3.8) is 0 Å². The molecule has 0 bridgehead atoms. The van der Waals surface area contributed by atoms with Crippen molar-refractivity contribution >= 4 is 0 Å². The molecule has 0 amide bonds. The molecule has 1 aromatic carbocycles. The molecule has 1 unspecified atom stereocenters. The molecule has 0 aromatic heterocycles. The molecule has 116 valence electrons. The maximum atomic E-state index is 13.0. The molecule has 1 aliphatic carbocycles. The Bertz CT molecular complexity index is 439. The van der Waals surface area contributed by atoms with Crippen molar-refractivity contribution in [1.82, 2.24) is 0 Å². The first-order valence-corrected chi connectivity index (χ1v) is 7.43. The summed E-state index contributed by atoms with van der Waals surface area (Å²) < 4.78 is 44.3. The van der Waals surface area contributed by atoms with Crippen LogP contribution in [0.4, 0.5) is 13.2 Å². The number of allylic oxidation sites excluding steroid dienone is 2. The zero-order valence-corrected chi connectivity index (χ0v) is 12.0. The van der Waals surface area contributed by atoms with Crippen molar-refractivity contribution in [3.05, 3.63) is 48.0 Å². The number of rotatable bonds is 6. The van der Waals surface area contributed by atoms with Gasteiger partial charge in [0.2, 0.25) is 0 Å². The standard InChI is InChI=1S/C17H21F3O/c18-17(19,20)16(12-11-14-7-3-1-4-8-14)21-13-15-9-5-2-6-10-15/h1-3,5-6,9-10,14,16H,4,7-8,11-13H2/t14?,16-/m0/s1. The summed E-state index contributed by atoms with van der Waals surface area (Å²) in [5.41, 5.74) is 0.771. The minimum absolute atomic E-state index is 0.00951. The molecule has 21 heavy (non-hydrogen) atoms. The molecular formula is C17H21F3O. The van der Waals surface area contributed by atoms with Crippen molar-refractivity contribution < 1.29 is 17.9 Å². The van der Waals surface area contributed by atoms with Gasteiger partial charge in [-0.1, -0.05) is 42.5 Å². The van der Waals surface area contributed by atoms with Gasteiger partial charge in [0.1, 0.15) is 0 Å². The van der Waals surface area contributed by atoms with Gasteiger partial charge in [0.15, 0.2) is 6.10 Å². The van der Waals surface area contributed by atoms with Crippen LogP contribution in [0.3, 0.4) is 0 Å². The Labute approximate surface area is 123 Å². The fourth-order valence-electron chi connectivity index (χ4n) is 2.62. The van der Waals surface area contributed by atoms with Crippen molar-refractivity contribution in [3.8, 4) is 0 Å². The van der Waals surface area contributed by atoms with Crippen LogP contribution >= 0.6 is 0 Å². The van der Waals surface area contributed by atoms with Gasteiger partial charge in [-0.2, -0.15) is 13.2 Å². The molecule has 1 aliphatic rings. The summed E-state index contributed by atoms with van der Waals surface area (Å²) in [5, 5.41) is 0. The van der Waals surface area contributed by atoms with E-state index >= 15 is 0 Å². The van der Waals surface area contributed by atoms with Gasteiger partial charge >= 0.3 is 6.18 Å². The van der Waals surface area contributed by atoms with Gasteiger partial charge in [0.25, 0.3) is 0 Å². The van der Waals surface area contributed by atoms with E-state index in [0.717, 1.165) is 24.8 Å². The van der Waals surface area contributed by atoms with Crippen molar-refractivity contribution in [2.45, 2.75) is 51.0 Å². The lowest BCUT2D eigenvalue weighted by atomic mass is 9.89. The van der Waals surface area contributed by atoms with Crippen LogP contribution in [-0.4, -0.2) is 12.3 Å². The highest BCUT2D eigenvalue weighted by molar-refractivity contribution is 5.13. The van der Waals surface area contributed by atoms with Gasteiger partial charge < -0.3 is 4.74 Å². The Morgan fingerprint density at radius 1 is 1.14 bits per heavy atom. The minimum atomic E-state index is -4.29. The Kier molecular flexibility index (Phi) is 5.85. The second kappa shape index (κ2) is 7.64. The molecule has 0 fully saturated rings. The molecule has 4 heteroatoms. The van der Waals surface area contributed by atoms with E-state index in [1.807, 2.05) is 6.07 Å². The molecule has 0 spiro atoms. The molecule has 0 N–H and O–H groups in total. The van der Waals surface area contributed by atoms with Crippen LogP contribution in [0.25, 0.3) is 0 Å². The van der Waals surface area contributed by atoms with E-state index in [2.05, 4.69) is 12.2 Å². The Morgan fingerprint density at radius 2 is 1.90 bits per heavy atom. The van der Waals surface area contributed by atoms with E-state index in [0.29, 0.717) is 12.3 Å². The lowest BCUT2D eigenvalue weighted by Gasteiger charge is -2.24. The number of hydrogen-bond donors (Lipinski definition) is 0. The molecule has 1 aromatic rings. The van der Waals surface area contributed by atoms with Crippen LogP contribution in [0.1, 0.15) is 37.7 Å². The van der Waals surface area contributed by atoms with Crippen molar-refractivity contribution in [2.24, 2.45) is 5.92 Å². The molecule has 0 aliphatic heterocycles. The van der Waals surface area contributed by atoms with E-state index < -0.39 is 12.3 Å². The summed E-state index contributed by atoms with van der Waals surface area (Å²) in [7, 11) is 0. The fraction of sp³-hybridized carbons (Fsp3) is 0.529. The van der Waals surface area contributed by atoms with Crippen LogP contribution < -0.4 is 0 Å². The Morgan fingerprint density at radius 3 is 2.52 bits per heavy atom. The van der Waals surface area contributed by atoms with E-state index in [1.165, 1.54) is 0 Å². The van der Waals surface area contributed by atoms with Gasteiger partial charge in [-0.15, -0.1) is 0 Å². The molecule has 0 radical (unpaired) electrons. The molecule has 0 saturated carbocycles. The van der Waals surface area contributed by atoms with Crippen LogP contribution in [0, 0.1) is 5.92 Å². The van der Waals surface area contributed by atoms with E-state index in [9.17, 15) is 13.2 Å². The highest BCUT2D eigenvalue weighted by Crippen LogP contribution is 2.31. The van der Waals surface area contributed by atoms with Crippen molar-refractivity contribution in [1.29, 1.82) is 0 Å². The Hall–Kier alpha value is -1.29. The Balaban J connectivity index is 1.84. The topological polar surface area (TPSA) is 9.23 Å². The molecule has 1 nitrogen and oxygen atoms in total. The average Bonchev–Trinajstić information content (AvgIpc) is 2.48. The molecule has 0 heterocycles. The van der Waals surface area contributed by atoms with Crippen molar-refractivity contribution in [2.75, 3.05) is 0 Å². The largest absolute Gasteiger partial charge is 0.414 e. The summed E-state index contributed by atoms with van der Waals surface area (Å²) in [6.07, 6.45) is 1.70. The fourth-order valence-corrected chi connectivity index (χ4v) is 2.62. The smallest absolute Gasteiger partial charge is 0.364 e. The second-order valence-corrected chi connectivity index (χ2v) is 5.55. The van der Waals surface area contributed by atoms with Crippen LogP contribution in [0.15, 0.2) is 42.5 Å². The van der Waals surface area contributed by atoms with Gasteiger partial charge in [0.05, 0.1) is 6.61 Å². The number of ether oxygens (including phenoxy) is 1. The quantitative estimate of drug-likeness (QED) is 0.650. The SMILES string of the molecule is FC(F)(F)[C@H](CCC1CC=CCC1)OCc1ccccc1. The first-order valence-electron chi connectivity index (χ1n) is 7.43. The molecule has 0 saturated heterocycles. The number of alkyl halides is 3. The monoisotopic (exact) mass is 298 g/mol. The minimum Gasteiger partial charge on any atom is -0.364 e. The van der Waals surface area contributed by atoms with Gasteiger partial charge in [0, 0.05) is 0 Å². The number of halogens is 3. The maximum absolute atomic E-state index is 13.0. The second-order valence-electron chi connectivity index (χ2n) is 5.55. The first-order chi connectivity index (χ1) is 10.1. The third kappa shape index (κ3) is 5.54. The van der Waals surface area contributed by atoms with Gasteiger partial charge in [-0.25, -0.2) is 0 Å². The average molecular weight is 298 g/mol. The maximum Gasteiger partial charge on any atom is 0.414 e. The zero-order chi connectivity index (χ0) is 15.1. The predicted octanol–water partition coefficient (Wildman–Crippen LogP) is 5.27. The zero-order valence-electron chi connectivity index (χ0n) is 12.0. The van der Waals surface area contributed by atoms with Gasteiger partial charge in [-0.05, 0) is 43.6 Å². The highest BCUT2D eigenvalue weighted by atomic mass is 19.4. The normalized spacial score (nSPS) is 20.4.